The summed E-state index contributed by atoms with van der Waals surface area (Å²) in [6.45, 7) is 4.29. The van der Waals surface area contributed by atoms with Crippen molar-refractivity contribution in [1.82, 2.24) is 9.88 Å². The zero-order valence-electron chi connectivity index (χ0n) is 13.4. The molecule has 1 aromatic carbocycles. The third-order valence-electron chi connectivity index (χ3n) is 4.51. The van der Waals surface area contributed by atoms with Crippen LogP contribution in [0.25, 0.3) is 11.1 Å². The first-order valence-electron chi connectivity index (χ1n) is 7.63. The minimum absolute atomic E-state index is 0.112. The highest BCUT2D eigenvalue weighted by Gasteiger charge is 2.34. The van der Waals surface area contributed by atoms with Crippen LogP contribution in [-0.4, -0.2) is 37.1 Å². The van der Waals surface area contributed by atoms with Crippen LogP contribution in [-0.2, 0) is 5.41 Å². The Balaban J connectivity index is 1.95. The predicted octanol–water partition coefficient (Wildman–Crippen LogP) is 3.52. The maximum atomic E-state index is 13.4. The molecule has 0 radical (unpaired) electrons. The SMILES string of the molecule is CN(C)CCC1(C)CNc2ccc(-c3ccnc(F)c3)cc21. The van der Waals surface area contributed by atoms with E-state index in [9.17, 15) is 4.39 Å². The summed E-state index contributed by atoms with van der Waals surface area (Å²) < 4.78 is 13.4. The topological polar surface area (TPSA) is 28.2 Å². The molecule has 2 heterocycles. The molecule has 1 aromatic heterocycles. The van der Waals surface area contributed by atoms with E-state index in [2.05, 4.69) is 48.4 Å². The molecule has 1 atom stereocenters. The molecule has 3 rings (SSSR count). The number of aromatic nitrogens is 1. The van der Waals surface area contributed by atoms with Crippen molar-refractivity contribution in [3.63, 3.8) is 0 Å². The predicted molar refractivity (Wildman–Crippen MR) is 88.6 cm³/mol. The maximum Gasteiger partial charge on any atom is 0.213 e. The standard InChI is InChI=1S/C18H22FN3/c1-18(7-9-22(2)3)12-21-16-5-4-13(10-15(16)18)14-6-8-20-17(19)11-14/h4-6,8,10-11,21H,7,9,12H2,1-3H3. The molecule has 22 heavy (non-hydrogen) atoms. The molecule has 1 aliphatic rings. The number of hydrogen-bond donors (Lipinski definition) is 1. The van der Waals surface area contributed by atoms with Crippen molar-refractivity contribution in [1.29, 1.82) is 0 Å². The molecule has 1 N–H and O–H groups in total. The Morgan fingerprint density at radius 3 is 2.73 bits per heavy atom. The van der Waals surface area contributed by atoms with E-state index in [4.69, 9.17) is 0 Å². The van der Waals surface area contributed by atoms with Crippen LogP contribution in [0.2, 0.25) is 0 Å². The molecule has 1 aliphatic heterocycles. The Kier molecular flexibility index (Phi) is 3.87. The number of rotatable bonds is 4. The third kappa shape index (κ3) is 2.83. The number of hydrogen-bond acceptors (Lipinski definition) is 3. The van der Waals surface area contributed by atoms with Gasteiger partial charge in [-0.1, -0.05) is 13.0 Å². The smallest absolute Gasteiger partial charge is 0.213 e. The second-order valence-corrected chi connectivity index (χ2v) is 6.60. The Bertz CT molecular complexity index is 684. The van der Waals surface area contributed by atoms with Gasteiger partial charge >= 0.3 is 0 Å². The van der Waals surface area contributed by atoms with E-state index in [1.807, 2.05) is 12.1 Å². The van der Waals surface area contributed by atoms with Gasteiger partial charge < -0.3 is 10.2 Å². The highest BCUT2D eigenvalue weighted by atomic mass is 19.1. The molecule has 1 unspecified atom stereocenters. The lowest BCUT2D eigenvalue weighted by atomic mass is 9.80. The monoisotopic (exact) mass is 299 g/mol. The molecular weight excluding hydrogens is 277 g/mol. The first kappa shape index (κ1) is 15.0. The minimum atomic E-state index is -0.438. The van der Waals surface area contributed by atoms with Gasteiger partial charge in [-0.25, -0.2) is 4.98 Å². The molecule has 3 nitrogen and oxygen atoms in total. The van der Waals surface area contributed by atoms with Crippen LogP contribution in [0.3, 0.4) is 0 Å². The fourth-order valence-corrected chi connectivity index (χ4v) is 3.04. The van der Waals surface area contributed by atoms with Gasteiger partial charge in [-0.15, -0.1) is 0 Å². The quantitative estimate of drug-likeness (QED) is 0.876. The van der Waals surface area contributed by atoms with Crippen molar-refractivity contribution >= 4 is 5.69 Å². The number of nitrogens with one attached hydrogen (secondary N) is 1. The van der Waals surface area contributed by atoms with Crippen molar-refractivity contribution in [2.24, 2.45) is 0 Å². The molecule has 0 bridgehead atoms. The van der Waals surface area contributed by atoms with Crippen LogP contribution in [0.4, 0.5) is 10.1 Å². The zero-order chi connectivity index (χ0) is 15.7. The van der Waals surface area contributed by atoms with E-state index in [1.165, 1.54) is 23.5 Å². The highest BCUT2D eigenvalue weighted by Crippen LogP contribution is 2.41. The van der Waals surface area contributed by atoms with Gasteiger partial charge in [0.1, 0.15) is 0 Å². The Hall–Kier alpha value is -1.94. The van der Waals surface area contributed by atoms with Crippen molar-refractivity contribution in [3.8, 4) is 11.1 Å². The lowest BCUT2D eigenvalue weighted by Gasteiger charge is -2.26. The minimum Gasteiger partial charge on any atom is -0.384 e. The molecule has 0 spiro atoms. The summed E-state index contributed by atoms with van der Waals surface area (Å²) >= 11 is 0. The van der Waals surface area contributed by atoms with Crippen LogP contribution < -0.4 is 5.32 Å². The van der Waals surface area contributed by atoms with Gasteiger partial charge in [0.15, 0.2) is 0 Å². The Morgan fingerprint density at radius 1 is 1.23 bits per heavy atom. The van der Waals surface area contributed by atoms with Gasteiger partial charge in [0.25, 0.3) is 0 Å². The molecule has 2 aromatic rings. The van der Waals surface area contributed by atoms with Crippen molar-refractivity contribution in [2.45, 2.75) is 18.8 Å². The highest BCUT2D eigenvalue weighted by molar-refractivity contribution is 5.71. The van der Waals surface area contributed by atoms with Crippen molar-refractivity contribution < 1.29 is 4.39 Å². The molecule has 116 valence electrons. The van der Waals surface area contributed by atoms with E-state index >= 15 is 0 Å². The first-order valence-corrected chi connectivity index (χ1v) is 7.63. The molecule has 0 aliphatic carbocycles. The molecule has 0 saturated carbocycles. The van der Waals surface area contributed by atoms with E-state index in [0.29, 0.717) is 0 Å². The van der Waals surface area contributed by atoms with Crippen molar-refractivity contribution in [2.75, 3.05) is 32.5 Å². The van der Waals surface area contributed by atoms with E-state index in [1.54, 1.807) is 0 Å². The van der Waals surface area contributed by atoms with Gasteiger partial charge in [-0.3, -0.25) is 0 Å². The molecule has 0 saturated heterocycles. The summed E-state index contributed by atoms with van der Waals surface area (Å²) in [7, 11) is 4.20. The lowest BCUT2D eigenvalue weighted by molar-refractivity contribution is 0.343. The van der Waals surface area contributed by atoms with Crippen LogP contribution in [0, 0.1) is 5.95 Å². The Labute approximate surface area is 131 Å². The van der Waals surface area contributed by atoms with Gasteiger partial charge in [0.2, 0.25) is 5.95 Å². The van der Waals surface area contributed by atoms with E-state index in [0.717, 1.165) is 30.6 Å². The van der Waals surface area contributed by atoms with E-state index < -0.39 is 5.95 Å². The van der Waals surface area contributed by atoms with Crippen molar-refractivity contribution in [3.05, 3.63) is 48.0 Å². The number of fused-ring (bicyclic) bond motifs is 1. The summed E-state index contributed by atoms with van der Waals surface area (Å²) in [5.74, 6) is -0.438. The second kappa shape index (κ2) is 5.69. The zero-order valence-corrected chi connectivity index (χ0v) is 13.4. The average Bonchev–Trinajstić information content (AvgIpc) is 2.83. The normalized spacial score (nSPS) is 20.0. The Morgan fingerprint density at radius 2 is 2.00 bits per heavy atom. The van der Waals surface area contributed by atoms with Gasteiger partial charge in [-0.2, -0.15) is 4.39 Å². The van der Waals surface area contributed by atoms with Crippen LogP contribution in [0.15, 0.2) is 36.5 Å². The molecular formula is C18H22FN3. The first-order chi connectivity index (χ1) is 10.5. The third-order valence-corrected chi connectivity index (χ3v) is 4.51. The fraction of sp³-hybridized carbons (Fsp3) is 0.389. The number of pyridine rings is 1. The van der Waals surface area contributed by atoms with Gasteiger partial charge in [-0.05, 0) is 62.0 Å². The number of anilines is 1. The summed E-state index contributed by atoms with van der Waals surface area (Å²) in [5, 5.41) is 3.50. The average molecular weight is 299 g/mol. The number of halogens is 1. The van der Waals surface area contributed by atoms with Crippen LogP contribution in [0.1, 0.15) is 18.9 Å². The van der Waals surface area contributed by atoms with Crippen LogP contribution >= 0.6 is 0 Å². The lowest BCUT2D eigenvalue weighted by Crippen LogP contribution is -2.29. The number of nitrogens with zero attached hydrogens (tertiary/aromatic N) is 2. The van der Waals surface area contributed by atoms with Gasteiger partial charge in [0, 0.05) is 29.9 Å². The molecule has 0 fully saturated rings. The summed E-state index contributed by atoms with van der Waals surface area (Å²) in [5.41, 5.74) is 4.54. The maximum absolute atomic E-state index is 13.4. The fourth-order valence-electron chi connectivity index (χ4n) is 3.04. The van der Waals surface area contributed by atoms with E-state index in [-0.39, 0.29) is 5.41 Å². The number of benzene rings is 1. The summed E-state index contributed by atoms with van der Waals surface area (Å²) in [6, 6.07) is 9.67. The van der Waals surface area contributed by atoms with Gasteiger partial charge in [0.05, 0.1) is 0 Å². The summed E-state index contributed by atoms with van der Waals surface area (Å²) in [4.78, 5) is 5.84. The largest absolute Gasteiger partial charge is 0.384 e. The molecule has 4 heteroatoms. The summed E-state index contributed by atoms with van der Waals surface area (Å²) in [6.07, 6.45) is 2.61. The van der Waals surface area contributed by atoms with Crippen LogP contribution in [0.5, 0.6) is 0 Å². The second-order valence-electron chi connectivity index (χ2n) is 6.60. The molecule has 0 amide bonds.